The lowest BCUT2D eigenvalue weighted by molar-refractivity contribution is 0.482. The standard InChI is InChI=1S/C15H15Cl2NO/c1-10(18-2)11-6-7-15(14(17)8-11)19-13-5-3-4-12(16)9-13/h3-10,18H,1-2H3. The smallest absolute Gasteiger partial charge is 0.146 e. The average molecular weight is 296 g/mol. The van der Waals surface area contributed by atoms with Crippen LogP contribution in [0.25, 0.3) is 0 Å². The summed E-state index contributed by atoms with van der Waals surface area (Å²) >= 11 is 12.1. The van der Waals surface area contributed by atoms with E-state index in [1.165, 1.54) is 0 Å². The fraction of sp³-hybridized carbons (Fsp3) is 0.200. The predicted molar refractivity (Wildman–Crippen MR) is 80.5 cm³/mol. The maximum atomic E-state index is 6.23. The molecule has 0 radical (unpaired) electrons. The van der Waals surface area contributed by atoms with E-state index in [1.54, 1.807) is 12.1 Å². The highest BCUT2D eigenvalue weighted by Gasteiger charge is 2.08. The van der Waals surface area contributed by atoms with Crippen molar-refractivity contribution in [1.82, 2.24) is 5.32 Å². The Balaban J connectivity index is 2.22. The van der Waals surface area contributed by atoms with Gasteiger partial charge in [-0.1, -0.05) is 35.3 Å². The van der Waals surface area contributed by atoms with Gasteiger partial charge in [-0.25, -0.2) is 0 Å². The van der Waals surface area contributed by atoms with Gasteiger partial charge in [0.05, 0.1) is 5.02 Å². The molecule has 0 aliphatic rings. The quantitative estimate of drug-likeness (QED) is 0.850. The molecule has 19 heavy (non-hydrogen) atoms. The first kappa shape index (κ1) is 14.2. The Morgan fingerprint density at radius 1 is 1.11 bits per heavy atom. The molecule has 1 N–H and O–H groups in total. The molecule has 2 aromatic rings. The van der Waals surface area contributed by atoms with E-state index in [2.05, 4.69) is 12.2 Å². The largest absolute Gasteiger partial charge is 0.456 e. The highest BCUT2D eigenvalue weighted by molar-refractivity contribution is 6.32. The minimum atomic E-state index is 0.248. The van der Waals surface area contributed by atoms with Gasteiger partial charge in [0.15, 0.2) is 0 Å². The van der Waals surface area contributed by atoms with E-state index in [1.807, 2.05) is 37.4 Å². The second kappa shape index (κ2) is 6.29. The zero-order valence-corrected chi connectivity index (χ0v) is 12.3. The maximum Gasteiger partial charge on any atom is 0.146 e. The molecule has 0 saturated carbocycles. The summed E-state index contributed by atoms with van der Waals surface area (Å²) in [6, 6.07) is 13.2. The Labute approximate surface area is 123 Å². The average Bonchev–Trinajstić information content (AvgIpc) is 2.40. The molecule has 0 aliphatic carbocycles. The minimum absolute atomic E-state index is 0.248. The molecule has 0 fully saturated rings. The van der Waals surface area contributed by atoms with Crippen LogP contribution in [-0.4, -0.2) is 7.05 Å². The molecule has 0 saturated heterocycles. The summed E-state index contributed by atoms with van der Waals surface area (Å²) in [6.45, 7) is 2.07. The van der Waals surface area contributed by atoms with Crippen LogP contribution in [0.15, 0.2) is 42.5 Å². The van der Waals surface area contributed by atoms with Crippen LogP contribution in [0.2, 0.25) is 10.0 Å². The number of nitrogens with one attached hydrogen (secondary N) is 1. The molecule has 100 valence electrons. The van der Waals surface area contributed by atoms with Gasteiger partial charge in [-0.05, 0) is 49.9 Å². The van der Waals surface area contributed by atoms with Crippen LogP contribution in [0, 0.1) is 0 Å². The second-order valence-electron chi connectivity index (χ2n) is 4.26. The Morgan fingerprint density at radius 3 is 2.53 bits per heavy atom. The lowest BCUT2D eigenvalue weighted by Gasteiger charge is -2.13. The van der Waals surface area contributed by atoms with Crippen molar-refractivity contribution >= 4 is 23.2 Å². The van der Waals surface area contributed by atoms with Crippen molar-refractivity contribution in [3.05, 3.63) is 58.1 Å². The molecule has 0 heterocycles. The predicted octanol–water partition coefficient (Wildman–Crippen LogP) is 5.07. The van der Waals surface area contributed by atoms with Gasteiger partial charge < -0.3 is 10.1 Å². The van der Waals surface area contributed by atoms with Crippen molar-refractivity contribution in [1.29, 1.82) is 0 Å². The van der Waals surface area contributed by atoms with Gasteiger partial charge in [-0.15, -0.1) is 0 Å². The number of hydrogen-bond acceptors (Lipinski definition) is 2. The number of benzene rings is 2. The molecular weight excluding hydrogens is 281 g/mol. The number of hydrogen-bond donors (Lipinski definition) is 1. The second-order valence-corrected chi connectivity index (χ2v) is 5.10. The summed E-state index contributed by atoms with van der Waals surface area (Å²) in [6.07, 6.45) is 0. The van der Waals surface area contributed by atoms with E-state index >= 15 is 0 Å². The van der Waals surface area contributed by atoms with Gasteiger partial charge in [-0.3, -0.25) is 0 Å². The zero-order valence-electron chi connectivity index (χ0n) is 10.8. The van der Waals surface area contributed by atoms with Gasteiger partial charge in [0, 0.05) is 11.1 Å². The first-order chi connectivity index (χ1) is 9.10. The van der Waals surface area contributed by atoms with Crippen LogP contribution in [0.1, 0.15) is 18.5 Å². The highest BCUT2D eigenvalue weighted by Crippen LogP contribution is 2.32. The Morgan fingerprint density at radius 2 is 1.89 bits per heavy atom. The summed E-state index contributed by atoms with van der Waals surface area (Å²) in [5.41, 5.74) is 1.12. The Bertz CT molecular complexity index is 572. The lowest BCUT2D eigenvalue weighted by Crippen LogP contribution is -2.12. The molecule has 0 amide bonds. The summed E-state index contributed by atoms with van der Waals surface area (Å²) in [7, 11) is 1.91. The number of rotatable bonds is 4. The van der Waals surface area contributed by atoms with Gasteiger partial charge in [0.25, 0.3) is 0 Å². The zero-order chi connectivity index (χ0) is 13.8. The normalized spacial score (nSPS) is 12.2. The summed E-state index contributed by atoms with van der Waals surface area (Å²) < 4.78 is 5.72. The molecule has 1 atom stereocenters. The first-order valence-corrected chi connectivity index (χ1v) is 6.76. The molecule has 4 heteroatoms. The van der Waals surface area contributed by atoms with E-state index in [0.717, 1.165) is 5.56 Å². The van der Waals surface area contributed by atoms with Crippen molar-refractivity contribution in [2.24, 2.45) is 0 Å². The third-order valence-corrected chi connectivity index (χ3v) is 3.44. The van der Waals surface area contributed by atoms with E-state index in [0.29, 0.717) is 21.5 Å². The lowest BCUT2D eigenvalue weighted by atomic mass is 10.1. The van der Waals surface area contributed by atoms with Crippen molar-refractivity contribution in [3.8, 4) is 11.5 Å². The molecule has 2 rings (SSSR count). The molecule has 0 aliphatic heterocycles. The van der Waals surface area contributed by atoms with Gasteiger partial charge >= 0.3 is 0 Å². The van der Waals surface area contributed by atoms with Crippen molar-refractivity contribution in [3.63, 3.8) is 0 Å². The number of ether oxygens (including phenoxy) is 1. The van der Waals surface area contributed by atoms with E-state index < -0.39 is 0 Å². The molecule has 1 unspecified atom stereocenters. The first-order valence-electron chi connectivity index (χ1n) is 6.00. The molecule has 2 nitrogen and oxygen atoms in total. The van der Waals surface area contributed by atoms with Crippen LogP contribution in [0.3, 0.4) is 0 Å². The van der Waals surface area contributed by atoms with E-state index in [-0.39, 0.29) is 6.04 Å². The summed E-state index contributed by atoms with van der Waals surface area (Å²) in [5.74, 6) is 1.29. The molecule has 0 spiro atoms. The molecular formula is C15H15Cl2NO. The van der Waals surface area contributed by atoms with Crippen molar-refractivity contribution in [2.45, 2.75) is 13.0 Å². The topological polar surface area (TPSA) is 21.3 Å². The third-order valence-electron chi connectivity index (χ3n) is 2.91. The van der Waals surface area contributed by atoms with Crippen LogP contribution < -0.4 is 10.1 Å². The highest BCUT2D eigenvalue weighted by atomic mass is 35.5. The Hall–Kier alpha value is -1.22. The molecule has 2 aromatic carbocycles. The van der Waals surface area contributed by atoms with Crippen LogP contribution >= 0.6 is 23.2 Å². The van der Waals surface area contributed by atoms with Crippen LogP contribution in [0.5, 0.6) is 11.5 Å². The summed E-state index contributed by atoms with van der Waals surface area (Å²) in [5, 5.41) is 4.38. The third kappa shape index (κ3) is 3.63. The minimum Gasteiger partial charge on any atom is -0.456 e. The monoisotopic (exact) mass is 295 g/mol. The van der Waals surface area contributed by atoms with Gasteiger partial charge in [-0.2, -0.15) is 0 Å². The van der Waals surface area contributed by atoms with Gasteiger partial charge in [0.1, 0.15) is 11.5 Å². The molecule has 0 bridgehead atoms. The van der Waals surface area contributed by atoms with Crippen molar-refractivity contribution in [2.75, 3.05) is 7.05 Å². The maximum absolute atomic E-state index is 6.23. The van der Waals surface area contributed by atoms with Crippen molar-refractivity contribution < 1.29 is 4.74 Å². The van der Waals surface area contributed by atoms with Crippen LogP contribution in [-0.2, 0) is 0 Å². The van der Waals surface area contributed by atoms with E-state index in [4.69, 9.17) is 27.9 Å². The number of halogens is 2. The molecule has 0 aromatic heterocycles. The van der Waals surface area contributed by atoms with Crippen LogP contribution in [0.4, 0.5) is 0 Å². The van der Waals surface area contributed by atoms with Gasteiger partial charge in [0.2, 0.25) is 0 Å². The fourth-order valence-electron chi connectivity index (χ4n) is 1.69. The fourth-order valence-corrected chi connectivity index (χ4v) is 2.10. The SMILES string of the molecule is CNC(C)c1ccc(Oc2cccc(Cl)c2)c(Cl)c1. The summed E-state index contributed by atoms with van der Waals surface area (Å²) in [4.78, 5) is 0. The Kier molecular flexibility index (Phi) is 4.70. The van der Waals surface area contributed by atoms with E-state index in [9.17, 15) is 0 Å².